The van der Waals surface area contributed by atoms with E-state index in [1.54, 1.807) is 42.5 Å². The third-order valence-corrected chi connectivity index (χ3v) is 4.37. The van der Waals surface area contributed by atoms with Crippen molar-refractivity contribution in [1.82, 2.24) is 19.5 Å². The second-order valence-electron chi connectivity index (χ2n) is 6.14. The lowest BCUT2D eigenvalue weighted by Gasteiger charge is -2.11. The molecule has 0 spiro atoms. The molecular weight excluding hydrogens is 377 g/mol. The van der Waals surface area contributed by atoms with Gasteiger partial charge in [-0.3, -0.25) is 9.78 Å². The van der Waals surface area contributed by atoms with Crippen LogP contribution in [0.5, 0.6) is 5.75 Å². The molecule has 0 aliphatic heterocycles. The molecule has 0 atom stereocenters. The zero-order valence-electron chi connectivity index (χ0n) is 15.3. The van der Waals surface area contributed by atoms with E-state index >= 15 is 0 Å². The molecule has 0 unspecified atom stereocenters. The van der Waals surface area contributed by atoms with Crippen molar-refractivity contribution in [2.45, 2.75) is 6.54 Å². The number of halogens is 1. The van der Waals surface area contributed by atoms with Gasteiger partial charge in [0, 0.05) is 18.3 Å². The van der Waals surface area contributed by atoms with Crippen LogP contribution in [-0.2, 0) is 6.54 Å². The Hall–Kier alpha value is -4.01. The topological polar surface area (TPSA) is 102 Å². The lowest BCUT2D eigenvalue weighted by atomic mass is 10.2. The summed E-state index contributed by atoms with van der Waals surface area (Å²) in [6, 6.07) is 13.0. The molecule has 4 aromatic rings. The van der Waals surface area contributed by atoms with E-state index in [1.165, 1.54) is 19.4 Å². The van der Waals surface area contributed by atoms with Crippen LogP contribution in [0.25, 0.3) is 16.7 Å². The summed E-state index contributed by atoms with van der Waals surface area (Å²) in [6.45, 7) is 0.153. The SMILES string of the molecule is COc1ccccc1-n1c(=O)[nH]c2nc(NCc3ccccc3F)ncc2c1=O. The van der Waals surface area contributed by atoms with Crippen LogP contribution >= 0.6 is 0 Å². The number of nitrogens with zero attached hydrogens (tertiary/aromatic N) is 3. The van der Waals surface area contributed by atoms with Crippen molar-refractivity contribution in [3.63, 3.8) is 0 Å². The van der Waals surface area contributed by atoms with Crippen LogP contribution in [0.3, 0.4) is 0 Å². The number of hydrogen-bond donors (Lipinski definition) is 2. The van der Waals surface area contributed by atoms with Gasteiger partial charge in [0.15, 0.2) is 5.65 Å². The van der Waals surface area contributed by atoms with Gasteiger partial charge in [0.25, 0.3) is 5.56 Å². The summed E-state index contributed by atoms with van der Waals surface area (Å²) in [6.07, 6.45) is 1.32. The number of rotatable bonds is 5. The van der Waals surface area contributed by atoms with Gasteiger partial charge in [-0.05, 0) is 18.2 Å². The fourth-order valence-corrected chi connectivity index (χ4v) is 2.94. The maximum Gasteiger partial charge on any atom is 0.334 e. The van der Waals surface area contributed by atoms with E-state index in [0.717, 1.165) is 4.57 Å². The average Bonchev–Trinajstić information content (AvgIpc) is 2.73. The highest BCUT2D eigenvalue weighted by atomic mass is 19.1. The molecular formula is C20H16FN5O3. The maximum absolute atomic E-state index is 13.7. The molecule has 8 nitrogen and oxygen atoms in total. The van der Waals surface area contributed by atoms with Gasteiger partial charge in [0.2, 0.25) is 5.95 Å². The van der Waals surface area contributed by atoms with Gasteiger partial charge in [0.05, 0.1) is 12.8 Å². The number of para-hydroxylation sites is 2. The summed E-state index contributed by atoms with van der Waals surface area (Å²) in [4.78, 5) is 36.3. The van der Waals surface area contributed by atoms with Crippen molar-refractivity contribution >= 4 is 17.0 Å². The summed E-state index contributed by atoms with van der Waals surface area (Å²) in [5, 5.41) is 3.02. The lowest BCUT2D eigenvalue weighted by Crippen LogP contribution is -2.34. The Kier molecular flexibility index (Phi) is 4.78. The number of ether oxygens (including phenoxy) is 1. The molecule has 29 heavy (non-hydrogen) atoms. The van der Waals surface area contributed by atoms with Crippen LogP contribution in [0, 0.1) is 5.82 Å². The van der Waals surface area contributed by atoms with Crippen LogP contribution in [0.15, 0.2) is 64.3 Å². The zero-order chi connectivity index (χ0) is 20.4. The van der Waals surface area contributed by atoms with Crippen LogP contribution in [0.1, 0.15) is 5.56 Å². The van der Waals surface area contributed by atoms with Crippen molar-refractivity contribution in [3.8, 4) is 11.4 Å². The quantitative estimate of drug-likeness (QED) is 0.539. The Balaban J connectivity index is 1.73. The number of methoxy groups -OCH3 is 1. The number of benzene rings is 2. The molecule has 0 radical (unpaired) electrons. The number of aromatic nitrogens is 4. The van der Waals surface area contributed by atoms with Gasteiger partial charge >= 0.3 is 5.69 Å². The highest BCUT2D eigenvalue weighted by Crippen LogP contribution is 2.19. The number of aromatic amines is 1. The van der Waals surface area contributed by atoms with Gasteiger partial charge in [-0.25, -0.2) is 18.7 Å². The predicted molar refractivity (Wildman–Crippen MR) is 106 cm³/mol. The molecule has 0 aliphatic rings. The monoisotopic (exact) mass is 393 g/mol. The summed E-state index contributed by atoms with van der Waals surface area (Å²) >= 11 is 0. The molecule has 2 aromatic carbocycles. The second kappa shape index (κ2) is 7.55. The summed E-state index contributed by atoms with van der Waals surface area (Å²) in [7, 11) is 1.45. The highest BCUT2D eigenvalue weighted by Gasteiger charge is 2.14. The number of nitrogens with one attached hydrogen (secondary N) is 2. The molecule has 146 valence electrons. The average molecular weight is 393 g/mol. The zero-order valence-corrected chi connectivity index (χ0v) is 15.3. The molecule has 2 aromatic heterocycles. The Morgan fingerprint density at radius 3 is 2.69 bits per heavy atom. The number of hydrogen-bond acceptors (Lipinski definition) is 6. The van der Waals surface area contributed by atoms with E-state index < -0.39 is 11.2 Å². The van der Waals surface area contributed by atoms with Crippen LogP contribution < -0.4 is 21.3 Å². The fraction of sp³-hybridized carbons (Fsp3) is 0.100. The van der Waals surface area contributed by atoms with E-state index in [0.29, 0.717) is 17.0 Å². The smallest absolute Gasteiger partial charge is 0.334 e. The molecule has 0 saturated carbocycles. The minimum atomic E-state index is -0.661. The molecule has 0 fully saturated rings. The van der Waals surface area contributed by atoms with Crippen molar-refractivity contribution in [2.24, 2.45) is 0 Å². The summed E-state index contributed by atoms with van der Waals surface area (Å²) in [5.41, 5.74) is -0.405. The van der Waals surface area contributed by atoms with Crippen molar-refractivity contribution in [2.75, 3.05) is 12.4 Å². The first kappa shape index (κ1) is 18.4. The van der Waals surface area contributed by atoms with Crippen molar-refractivity contribution < 1.29 is 9.13 Å². The molecule has 0 aliphatic carbocycles. The van der Waals surface area contributed by atoms with Crippen LogP contribution in [0.2, 0.25) is 0 Å². The Labute approximate surface area is 163 Å². The van der Waals surface area contributed by atoms with Crippen molar-refractivity contribution in [1.29, 1.82) is 0 Å². The Morgan fingerprint density at radius 1 is 1.14 bits per heavy atom. The first-order valence-electron chi connectivity index (χ1n) is 8.71. The molecule has 0 saturated heterocycles. The summed E-state index contributed by atoms with van der Waals surface area (Å²) < 4.78 is 19.9. The normalized spacial score (nSPS) is 10.8. The van der Waals surface area contributed by atoms with E-state index in [-0.39, 0.29) is 29.3 Å². The third kappa shape index (κ3) is 3.45. The largest absolute Gasteiger partial charge is 0.495 e. The molecule has 2 heterocycles. The highest BCUT2D eigenvalue weighted by molar-refractivity contribution is 5.73. The third-order valence-electron chi connectivity index (χ3n) is 4.37. The maximum atomic E-state index is 13.7. The lowest BCUT2D eigenvalue weighted by molar-refractivity contribution is 0.412. The molecule has 0 bridgehead atoms. The fourth-order valence-electron chi connectivity index (χ4n) is 2.94. The second-order valence-corrected chi connectivity index (χ2v) is 6.14. The minimum absolute atomic E-state index is 0.0807. The predicted octanol–water partition coefficient (Wildman–Crippen LogP) is 2.23. The van der Waals surface area contributed by atoms with E-state index in [2.05, 4.69) is 20.3 Å². The van der Waals surface area contributed by atoms with Crippen LogP contribution in [-0.4, -0.2) is 26.6 Å². The van der Waals surface area contributed by atoms with Crippen molar-refractivity contribution in [3.05, 3.63) is 86.9 Å². The van der Waals surface area contributed by atoms with E-state index in [9.17, 15) is 14.0 Å². The molecule has 0 amide bonds. The Bertz CT molecular complexity index is 1320. The van der Waals surface area contributed by atoms with Gasteiger partial charge < -0.3 is 10.1 Å². The molecule has 2 N–H and O–H groups in total. The Morgan fingerprint density at radius 2 is 1.90 bits per heavy atom. The minimum Gasteiger partial charge on any atom is -0.495 e. The van der Waals surface area contributed by atoms with E-state index in [1.807, 2.05) is 0 Å². The van der Waals surface area contributed by atoms with Gasteiger partial charge in [-0.1, -0.05) is 30.3 Å². The van der Waals surface area contributed by atoms with Gasteiger partial charge in [-0.15, -0.1) is 0 Å². The van der Waals surface area contributed by atoms with E-state index in [4.69, 9.17) is 4.74 Å². The standard InChI is InChI=1S/C20H16FN5O3/c1-29-16-9-5-4-8-15(16)26-18(27)13-11-23-19(24-17(13)25-20(26)28)22-10-12-6-2-3-7-14(12)21/h2-9,11H,10H2,1H3,(H2,22,23,24,25,28). The number of H-pyrrole nitrogens is 1. The molecule has 4 rings (SSSR count). The first-order chi connectivity index (χ1) is 14.1. The number of anilines is 1. The number of fused-ring (bicyclic) bond motifs is 1. The van der Waals surface area contributed by atoms with Gasteiger partial charge in [-0.2, -0.15) is 4.98 Å². The van der Waals surface area contributed by atoms with Gasteiger partial charge in [0.1, 0.15) is 17.0 Å². The first-order valence-corrected chi connectivity index (χ1v) is 8.71. The molecule has 9 heteroatoms. The van der Waals surface area contributed by atoms with Crippen LogP contribution in [0.4, 0.5) is 10.3 Å². The summed E-state index contributed by atoms with van der Waals surface area (Å²) in [5.74, 6) is 0.184.